The second-order valence-corrected chi connectivity index (χ2v) is 5.72. The molecule has 8 heteroatoms. The van der Waals surface area contributed by atoms with E-state index in [9.17, 15) is 19.7 Å². The predicted octanol–water partition coefficient (Wildman–Crippen LogP) is 2.92. The van der Waals surface area contributed by atoms with E-state index in [-0.39, 0.29) is 29.1 Å². The van der Waals surface area contributed by atoms with Gasteiger partial charge in [-0.25, -0.2) is 9.59 Å². The topological polar surface area (TPSA) is 111 Å². The van der Waals surface area contributed by atoms with E-state index in [0.29, 0.717) is 5.56 Å². The van der Waals surface area contributed by atoms with E-state index in [1.807, 2.05) is 0 Å². The lowest BCUT2D eigenvalue weighted by Gasteiger charge is -2.29. The molecule has 1 aliphatic rings. The zero-order valence-corrected chi connectivity index (χ0v) is 14.5. The van der Waals surface area contributed by atoms with Gasteiger partial charge in [0.25, 0.3) is 5.69 Å². The number of hydrogen-bond donors (Lipinski definition) is 2. The van der Waals surface area contributed by atoms with Crippen LogP contribution in [0.5, 0.6) is 0 Å². The lowest BCUT2D eigenvalue weighted by Crippen LogP contribution is -2.45. The minimum absolute atomic E-state index is 0.108. The van der Waals surface area contributed by atoms with Gasteiger partial charge in [0.2, 0.25) is 0 Å². The molecule has 2 amide bonds. The van der Waals surface area contributed by atoms with Gasteiger partial charge in [0, 0.05) is 6.07 Å². The van der Waals surface area contributed by atoms with Crippen molar-refractivity contribution in [2.75, 3.05) is 6.61 Å². The van der Waals surface area contributed by atoms with Gasteiger partial charge in [0.1, 0.15) is 0 Å². The zero-order valence-electron chi connectivity index (χ0n) is 14.5. The van der Waals surface area contributed by atoms with Crippen LogP contribution in [-0.2, 0) is 9.53 Å². The Bertz CT molecular complexity index is 924. The summed E-state index contributed by atoms with van der Waals surface area (Å²) in [7, 11) is 0. The molecule has 1 aliphatic heterocycles. The first-order valence-electron chi connectivity index (χ1n) is 8.30. The summed E-state index contributed by atoms with van der Waals surface area (Å²) in [5, 5.41) is 16.7. The highest BCUT2D eigenvalue weighted by Crippen LogP contribution is 2.35. The molecule has 0 radical (unpaired) electrons. The molecule has 0 aliphatic carbocycles. The summed E-state index contributed by atoms with van der Waals surface area (Å²) in [6.45, 7) is 1.79. The summed E-state index contributed by atoms with van der Waals surface area (Å²) in [6, 6.07) is 13.2. The van der Waals surface area contributed by atoms with E-state index in [1.165, 1.54) is 18.2 Å². The Morgan fingerprint density at radius 2 is 1.81 bits per heavy atom. The molecule has 0 bridgehead atoms. The van der Waals surface area contributed by atoms with Crippen LogP contribution in [-0.4, -0.2) is 23.5 Å². The maximum atomic E-state index is 12.7. The molecular formula is C19H17N3O5. The van der Waals surface area contributed by atoms with Crippen molar-refractivity contribution < 1.29 is 19.2 Å². The molecule has 0 aromatic heterocycles. The normalized spacial score (nSPS) is 16.3. The summed E-state index contributed by atoms with van der Waals surface area (Å²) in [6.07, 6.45) is 0. The molecule has 138 valence electrons. The Labute approximate surface area is 155 Å². The summed E-state index contributed by atoms with van der Waals surface area (Å²) in [5.41, 5.74) is 0.977. The van der Waals surface area contributed by atoms with Crippen molar-refractivity contribution in [1.29, 1.82) is 0 Å². The number of nitrogens with one attached hydrogen (secondary N) is 2. The van der Waals surface area contributed by atoms with Crippen molar-refractivity contribution >= 4 is 23.4 Å². The molecule has 0 spiro atoms. The summed E-state index contributed by atoms with van der Waals surface area (Å²) < 4.78 is 5.16. The third-order valence-corrected chi connectivity index (χ3v) is 4.07. The van der Waals surface area contributed by atoms with Gasteiger partial charge in [-0.3, -0.25) is 10.1 Å². The number of urea groups is 1. The Balaban J connectivity index is 2.24. The number of esters is 1. The molecule has 2 aromatic carbocycles. The van der Waals surface area contributed by atoms with Crippen molar-refractivity contribution in [3.8, 4) is 0 Å². The Hall–Kier alpha value is -3.68. The van der Waals surface area contributed by atoms with Crippen LogP contribution < -0.4 is 10.6 Å². The highest BCUT2D eigenvalue weighted by molar-refractivity contribution is 6.04. The Morgan fingerprint density at radius 3 is 2.48 bits per heavy atom. The number of nitro benzene ring substituents is 1. The van der Waals surface area contributed by atoms with Gasteiger partial charge in [-0.2, -0.15) is 0 Å². The summed E-state index contributed by atoms with van der Waals surface area (Å²) in [4.78, 5) is 35.9. The van der Waals surface area contributed by atoms with E-state index in [0.717, 1.165) is 0 Å². The van der Waals surface area contributed by atoms with Crippen LogP contribution in [0.25, 0.3) is 5.70 Å². The van der Waals surface area contributed by atoms with Gasteiger partial charge < -0.3 is 15.4 Å². The summed E-state index contributed by atoms with van der Waals surface area (Å²) in [5.74, 6) is -0.660. The Kier molecular flexibility index (Phi) is 5.16. The van der Waals surface area contributed by atoms with Gasteiger partial charge in [0.15, 0.2) is 0 Å². The number of hydrogen-bond acceptors (Lipinski definition) is 5. The van der Waals surface area contributed by atoms with Gasteiger partial charge in [-0.05, 0) is 18.6 Å². The monoisotopic (exact) mass is 367 g/mol. The van der Waals surface area contributed by atoms with E-state index in [2.05, 4.69) is 10.6 Å². The van der Waals surface area contributed by atoms with E-state index in [4.69, 9.17) is 4.74 Å². The van der Waals surface area contributed by atoms with E-state index in [1.54, 1.807) is 43.3 Å². The number of nitro groups is 1. The average Bonchev–Trinajstić information content (AvgIpc) is 2.68. The molecule has 3 rings (SSSR count). The van der Waals surface area contributed by atoms with Crippen molar-refractivity contribution in [3.05, 3.63) is 81.4 Å². The molecule has 2 aromatic rings. The SMILES string of the molecule is CCOC(=O)C1=C(c2ccccc2)NC(=O)N[C@@H]1c1ccccc1[N+](=O)[O-]. The number of benzene rings is 2. The Morgan fingerprint density at radius 1 is 1.15 bits per heavy atom. The van der Waals surface area contributed by atoms with Crippen LogP contribution >= 0.6 is 0 Å². The molecule has 1 heterocycles. The fourth-order valence-electron chi connectivity index (χ4n) is 2.96. The number of rotatable bonds is 5. The molecule has 0 unspecified atom stereocenters. The molecular weight excluding hydrogens is 350 g/mol. The first kappa shape index (κ1) is 18.1. The highest BCUT2D eigenvalue weighted by Gasteiger charge is 2.37. The van der Waals surface area contributed by atoms with Crippen LogP contribution in [0, 0.1) is 10.1 Å². The van der Waals surface area contributed by atoms with Crippen molar-refractivity contribution in [2.24, 2.45) is 0 Å². The van der Waals surface area contributed by atoms with Crippen LogP contribution in [0.2, 0.25) is 0 Å². The molecule has 2 N–H and O–H groups in total. The largest absolute Gasteiger partial charge is 0.463 e. The first-order valence-corrected chi connectivity index (χ1v) is 8.30. The van der Waals surface area contributed by atoms with Crippen LogP contribution in [0.3, 0.4) is 0 Å². The predicted molar refractivity (Wildman–Crippen MR) is 97.5 cm³/mol. The number of amides is 2. The average molecular weight is 367 g/mol. The van der Waals surface area contributed by atoms with Crippen LogP contribution in [0.4, 0.5) is 10.5 Å². The quantitative estimate of drug-likeness (QED) is 0.480. The minimum Gasteiger partial charge on any atom is -0.463 e. The number of carbonyl (C=O) groups excluding carboxylic acids is 2. The second kappa shape index (κ2) is 7.69. The fourth-order valence-corrected chi connectivity index (χ4v) is 2.96. The fraction of sp³-hybridized carbons (Fsp3) is 0.158. The van der Waals surface area contributed by atoms with E-state index < -0.39 is 23.0 Å². The highest BCUT2D eigenvalue weighted by atomic mass is 16.6. The zero-order chi connectivity index (χ0) is 19.4. The molecule has 0 fully saturated rings. The number of nitrogens with zero attached hydrogens (tertiary/aromatic N) is 1. The van der Waals surface area contributed by atoms with Crippen LogP contribution in [0.1, 0.15) is 24.1 Å². The third kappa shape index (κ3) is 3.64. The van der Waals surface area contributed by atoms with Gasteiger partial charge in [-0.15, -0.1) is 0 Å². The van der Waals surface area contributed by atoms with Crippen molar-refractivity contribution in [2.45, 2.75) is 13.0 Å². The standard InChI is InChI=1S/C19H17N3O5/c1-2-27-18(23)15-16(12-8-4-3-5-9-12)20-19(24)21-17(15)13-10-6-7-11-14(13)22(25)26/h3-11,17H,2H2,1H3,(H2,20,21,24)/t17-/m1/s1. The number of carbonyl (C=O) groups is 2. The van der Waals surface area contributed by atoms with E-state index >= 15 is 0 Å². The van der Waals surface area contributed by atoms with Gasteiger partial charge in [-0.1, -0.05) is 42.5 Å². The van der Waals surface area contributed by atoms with Gasteiger partial charge in [0.05, 0.1) is 34.4 Å². The first-order chi connectivity index (χ1) is 13.0. The summed E-state index contributed by atoms with van der Waals surface area (Å²) >= 11 is 0. The van der Waals surface area contributed by atoms with Crippen LogP contribution in [0.15, 0.2) is 60.2 Å². The van der Waals surface area contributed by atoms with Crippen molar-refractivity contribution in [1.82, 2.24) is 10.6 Å². The van der Waals surface area contributed by atoms with Crippen molar-refractivity contribution in [3.63, 3.8) is 0 Å². The molecule has 0 saturated heterocycles. The van der Waals surface area contributed by atoms with Gasteiger partial charge >= 0.3 is 12.0 Å². The smallest absolute Gasteiger partial charge is 0.338 e. The second-order valence-electron chi connectivity index (χ2n) is 5.72. The number of ether oxygens (including phenoxy) is 1. The molecule has 8 nitrogen and oxygen atoms in total. The maximum absolute atomic E-state index is 12.7. The maximum Gasteiger partial charge on any atom is 0.338 e. The number of para-hydroxylation sites is 1. The molecule has 0 saturated carbocycles. The molecule has 27 heavy (non-hydrogen) atoms. The molecule has 1 atom stereocenters. The minimum atomic E-state index is -1.02. The lowest BCUT2D eigenvalue weighted by atomic mass is 9.91. The lowest BCUT2D eigenvalue weighted by molar-refractivity contribution is -0.385. The third-order valence-electron chi connectivity index (χ3n) is 4.07.